The van der Waals surface area contributed by atoms with Crippen LogP contribution in [0.15, 0.2) is 54.6 Å². The van der Waals surface area contributed by atoms with E-state index in [1.807, 2.05) is 43.3 Å². The molecule has 4 aromatic carbocycles. The average molecular weight is 615 g/mol. The van der Waals surface area contributed by atoms with E-state index in [4.69, 9.17) is 60.6 Å². The van der Waals surface area contributed by atoms with Crippen LogP contribution < -0.4 is 14.4 Å². The Morgan fingerprint density at radius 2 is 1.62 bits per heavy atom. The minimum atomic E-state index is -1.55. The Morgan fingerprint density at radius 1 is 0.900 bits per heavy atom. The van der Waals surface area contributed by atoms with E-state index in [-0.39, 0.29) is 20.1 Å². The minimum absolute atomic E-state index is 0.0629. The van der Waals surface area contributed by atoms with Crippen LogP contribution in [0.2, 0.25) is 20.1 Å². The largest absolute Gasteiger partial charge is 0.496 e. The molecule has 40 heavy (non-hydrogen) atoms. The SMILES string of the molecule is COc1cc2c(cc1C)C(OC=O)(c1c(C)c(Cl)c(Cl)c(Cl)c1Cl)c1ccc(N3CCc4ccccc43)cc1O2. The molecule has 0 saturated carbocycles. The van der Waals surface area contributed by atoms with Crippen molar-refractivity contribution < 1.29 is 19.0 Å². The summed E-state index contributed by atoms with van der Waals surface area (Å²) in [7, 11) is 1.59. The number of benzene rings is 4. The van der Waals surface area contributed by atoms with Gasteiger partial charge in [0.05, 0.1) is 27.2 Å². The molecule has 2 aliphatic heterocycles. The number of rotatable bonds is 5. The summed E-state index contributed by atoms with van der Waals surface area (Å²) in [4.78, 5) is 14.6. The van der Waals surface area contributed by atoms with Crippen molar-refractivity contribution in [1.82, 2.24) is 0 Å². The molecule has 0 amide bonds. The molecule has 0 aromatic heterocycles. The molecule has 4 aromatic rings. The van der Waals surface area contributed by atoms with Crippen LogP contribution in [-0.4, -0.2) is 20.1 Å². The standard InChI is InChI=1S/C31H23Cl4NO4/c1-16-12-21-25(14-23(16)38-3)40-24-13-19(36-11-10-18-6-4-5-7-22(18)36)8-9-20(24)31(21,39-15-37)26-17(2)27(32)29(34)30(35)28(26)33/h4-9,12-15H,10-11H2,1-3H3. The number of ether oxygens (including phenoxy) is 3. The lowest BCUT2D eigenvalue weighted by molar-refractivity contribution is -0.137. The van der Waals surface area contributed by atoms with Crippen molar-refractivity contribution in [2.75, 3.05) is 18.6 Å². The van der Waals surface area contributed by atoms with Crippen LogP contribution in [-0.2, 0) is 21.6 Å². The van der Waals surface area contributed by atoms with Crippen LogP contribution in [0.1, 0.15) is 33.4 Å². The second-order valence-corrected chi connectivity index (χ2v) is 11.3. The van der Waals surface area contributed by atoms with Crippen LogP contribution in [0.25, 0.3) is 0 Å². The number of hydrogen-bond acceptors (Lipinski definition) is 5. The smallest absolute Gasteiger partial charge is 0.294 e. The molecule has 0 aliphatic carbocycles. The number of hydrogen-bond donors (Lipinski definition) is 0. The lowest BCUT2D eigenvalue weighted by Crippen LogP contribution is -2.37. The van der Waals surface area contributed by atoms with E-state index >= 15 is 0 Å². The zero-order valence-corrected chi connectivity index (χ0v) is 24.8. The monoisotopic (exact) mass is 613 g/mol. The number of aryl methyl sites for hydroxylation is 1. The van der Waals surface area contributed by atoms with Gasteiger partial charge in [-0.1, -0.05) is 64.6 Å². The van der Waals surface area contributed by atoms with Gasteiger partial charge in [-0.25, -0.2) is 0 Å². The molecular formula is C31H23Cl4NO4. The van der Waals surface area contributed by atoms with Crippen molar-refractivity contribution in [3.8, 4) is 17.2 Å². The summed E-state index contributed by atoms with van der Waals surface area (Å²) >= 11 is 26.6. The first-order chi connectivity index (χ1) is 19.2. The number of para-hydroxylation sites is 1. The van der Waals surface area contributed by atoms with Gasteiger partial charge >= 0.3 is 0 Å². The quantitative estimate of drug-likeness (QED) is 0.127. The summed E-state index contributed by atoms with van der Waals surface area (Å²) in [6, 6.07) is 17.8. The number of methoxy groups -OCH3 is 1. The third-order valence-corrected chi connectivity index (χ3v) is 9.61. The number of carbonyl (C=O) groups excluding carboxylic acids is 1. The molecule has 0 fully saturated rings. The fourth-order valence-corrected chi connectivity index (χ4v) is 6.94. The topological polar surface area (TPSA) is 48.0 Å². The van der Waals surface area contributed by atoms with Crippen molar-refractivity contribution in [2.45, 2.75) is 25.9 Å². The van der Waals surface area contributed by atoms with Gasteiger partial charge in [0.1, 0.15) is 17.2 Å². The third-order valence-electron chi connectivity index (χ3n) is 7.72. The van der Waals surface area contributed by atoms with Crippen LogP contribution >= 0.6 is 46.4 Å². The number of anilines is 2. The molecule has 1 unspecified atom stereocenters. The van der Waals surface area contributed by atoms with Crippen molar-refractivity contribution in [3.63, 3.8) is 0 Å². The maximum absolute atomic E-state index is 12.3. The minimum Gasteiger partial charge on any atom is -0.496 e. The molecule has 0 saturated heterocycles. The first kappa shape index (κ1) is 27.1. The van der Waals surface area contributed by atoms with Crippen LogP contribution in [0, 0.1) is 13.8 Å². The lowest BCUT2D eigenvalue weighted by Gasteiger charge is -2.41. The zero-order valence-electron chi connectivity index (χ0n) is 21.8. The Kier molecular flexibility index (Phi) is 6.82. The maximum atomic E-state index is 12.3. The number of nitrogens with zero attached hydrogens (tertiary/aromatic N) is 1. The molecule has 0 bridgehead atoms. The number of carbonyl (C=O) groups is 1. The summed E-state index contributed by atoms with van der Waals surface area (Å²) in [6.45, 7) is 4.88. The van der Waals surface area contributed by atoms with Gasteiger partial charge in [-0.3, -0.25) is 4.79 Å². The summed E-state index contributed by atoms with van der Waals surface area (Å²) in [6.07, 6.45) is 0.933. The van der Waals surface area contributed by atoms with E-state index in [0.717, 1.165) is 29.9 Å². The zero-order chi connectivity index (χ0) is 28.3. The number of halogens is 4. The van der Waals surface area contributed by atoms with Gasteiger partial charge in [-0.2, -0.15) is 0 Å². The highest BCUT2D eigenvalue weighted by atomic mass is 35.5. The molecule has 9 heteroatoms. The van der Waals surface area contributed by atoms with Crippen molar-refractivity contribution in [1.29, 1.82) is 0 Å². The molecule has 2 aliphatic rings. The van der Waals surface area contributed by atoms with Gasteiger partial charge in [0.15, 0.2) is 5.60 Å². The van der Waals surface area contributed by atoms with Gasteiger partial charge in [-0.05, 0) is 61.2 Å². The van der Waals surface area contributed by atoms with E-state index in [0.29, 0.717) is 46.0 Å². The Morgan fingerprint density at radius 3 is 2.38 bits per heavy atom. The second-order valence-electron chi connectivity index (χ2n) is 9.78. The number of fused-ring (bicyclic) bond motifs is 3. The fourth-order valence-electron chi connectivity index (χ4n) is 5.86. The van der Waals surface area contributed by atoms with Gasteiger partial charge in [-0.15, -0.1) is 0 Å². The van der Waals surface area contributed by atoms with Gasteiger partial charge in [0.2, 0.25) is 0 Å². The third kappa shape index (κ3) is 3.87. The van der Waals surface area contributed by atoms with E-state index in [1.54, 1.807) is 20.1 Å². The van der Waals surface area contributed by atoms with Crippen LogP contribution in [0.5, 0.6) is 17.2 Å². The molecule has 0 radical (unpaired) electrons. The predicted octanol–water partition coefficient (Wildman–Crippen LogP) is 9.19. The first-order valence-electron chi connectivity index (χ1n) is 12.5. The van der Waals surface area contributed by atoms with Gasteiger partial charge in [0, 0.05) is 46.7 Å². The Labute approximate surface area is 252 Å². The van der Waals surface area contributed by atoms with E-state index < -0.39 is 5.60 Å². The molecular weight excluding hydrogens is 592 g/mol. The molecule has 0 spiro atoms. The molecule has 6 rings (SSSR count). The summed E-state index contributed by atoms with van der Waals surface area (Å²) < 4.78 is 18.2. The van der Waals surface area contributed by atoms with Crippen molar-refractivity contribution in [2.24, 2.45) is 0 Å². The Balaban J connectivity index is 1.67. The molecule has 1 atom stereocenters. The normalized spacial score (nSPS) is 17.0. The van der Waals surface area contributed by atoms with Crippen molar-refractivity contribution in [3.05, 3.63) is 108 Å². The maximum Gasteiger partial charge on any atom is 0.294 e. The highest BCUT2D eigenvalue weighted by Crippen LogP contribution is 2.58. The van der Waals surface area contributed by atoms with E-state index in [9.17, 15) is 4.79 Å². The van der Waals surface area contributed by atoms with E-state index in [1.165, 1.54) is 5.56 Å². The van der Waals surface area contributed by atoms with Crippen LogP contribution in [0.3, 0.4) is 0 Å². The fraction of sp³-hybridized carbons (Fsp3) is 0.194. The molecule has 204 valence electrons. The van der Waals surface area contributed by atoms with Crippen LogP contribution in [0.4, 0.5) is 11.4 Å². The van der Waals surface area contributed by atoms with E-state index in [2.05, 4.69) is 17.0 Å². The molecule has 0 N–H and O–H groups in total. The first-order valence-corrected chi connectivity index (χ1v) is 14.1. The van der Waals surface area contributed by atoms with Gasteiger partial charge < -0.3 is 19.1 Å². The predicted molar refractivity (Wildman–Crippen MR) is 160 cm³/mol. The highest BCUT2D eigenvalue weighted by molar-refractivity contribution is 6.52. The highest BCUT2D eigenvalue weighted by Gasteiger charge is 2.50. The summed E-state index contributed by atoms with van der Waals surface area (Å²) in [5, 5.41) is 0.524. The second kappa shape index (κ2) is 10.1. The lowest BCUT2D eigenvalue weighted by atomic mass is 9.75. The summed E-state index contributed by atoms with van der Waals surface area (Å²) in [5.41, 5.74) is 4.63. The average Bonchev–Trinajstić information content (AvgIpc) is 3.39. The Bertz CT molecular complexity index is 1680. The molecule has 5 nitrogen and oxygen atoms in total. The van der Waals surface area contributed by atoms with Gasteiger partial charge in [0.25, 0.3) is 6.47 Å². The van der Waals surface area contributed by atoms with Crippen molar-refractivity contribution >= 4 is 64.3 Å². The molecule has 2 heterocycles. The summed E-state index contributed by atoms with van der Waals surface area (Å²) in [5.74, 6) is 1.54. The Hall–Kier alpha value is -3.09.